The largest absolute Gasteiger partial charge is 0.352 e. The van der Waals surface area contributed by atoms with Crippen LogP contribution in [-0.4, -0.2) is 18.0 Å². The van der Waals surface area contributed by atoms with Crippen LogP contribution in [0.5, 0.6) is 0 Å². The first-order valence-corrected chi connectivity index (χ1v) is 7.89. The third-order valence-corrected chi connectivity index (χ3v) is 3.36. The molecule has 0 aliphatic rings. The van der Waals surface area contributed by atoms with Gasteiger partial charge in [0.05, 0.1) is 0 Å². The molecule has 2 aromatic rings. The fourth-order valence-electron chi connectivity index (χ4n) is 2.05. The molecule has 0 aliphatic carbocycles. The van der Waals surface area contributed by atoms with Crippen LogP contribution in [-0.2, 0) is 22.6 Å². The molecule has 2 N–H and O–H groups in total. The minimum Gasteiger partial charge on any atom is -0.352 e. The molecule has 5 heteroatoms. The lowest BCUT2D eigenvalue weighted by molar-refractivity contribution is -0.126. The van der Waals surface area contributed by atoms with Crippen LogP contribution >= 0.6 is 0 Å². The first kappa shape index (κ1) is 17.4. The molecule has 0 heterocycles. The normalized spacial score (nSPS) is 10.5. The Kier molecular flexibility index (Phi) is 7.21. The minimum absolute atomic E-state index is 0.114. The zero-order chi connectivity index (χ0) is 17.0. The van der Waals surface area contributed by atoms with Gasteiger partial charge in [0.1, 0.15) is 0 Å². The van der Waals surface area contributed by atoms with E-state index in [1.807, 2.05) is 60.7 Å². The molecule has 0 bridgehead atoms. The molecule has 0 radical (unpaired) electrons. The summed E-state index contributed by atoms with van der Waals surface area (Å²) in [6, 6.07) is 19.5. The van der Waals surface area contributed by atoms with Crippen molar-refractivity contribution in [2.45, 2.75) is 25.8 Å². The molecule has 0 unspecified atom stereocenters. The van der Waals surface area contributed by atoms with Crippen molar-refractivity contribution >= 4 is 18.0 Å². The maximum atomic E-state index is 11.7. The average Bonchev–Trinajstić information content (AvgIpc) is 2.63. The van der Waals surface area contributed by atoms with Crippen LogP contribution in [0.2, 0.25) is 0 Å². The monoisotopic (exact) mass is 323 g/mol. The molecule has 0 fully saturated rings. The topological polar surface area (TPSA) is 70.6 Å². The summed E-state index contributed by atoms with van der Waals surface area (Å²) in [6.45, 7) is 0.469. The van der Waals surface area contributed by atoms with E-state index in [1.54, 1.807) is 6.21 Å². The second kappa shape index (κ2) is 9.94. The number of carbonyl (C=O) groups excluding carboxylic acids is 2. The molecular formula is C19H21N3O2. The van der Waals surface area contributed by atoms with Crippen molar-refractivity contribution in [3.63, 3.8) is 0 Å². The Hall–Kier alpha value is -2.95. The van der Waals surface area contributed by atoms with Crippen LogP contribution in [0.15, 0.2) is 65.8 Å². The number of hydrogen-bond donors (Lipinski definition) is 2. The van der Waals surface area contributed by atoms with Crippen LogP contribution in [0.25, 0.3) is 0 Å². The number of hydrazone groups is 1. The predicted molar refractivity (Wildman–Crippen MR) is 94.3 cm³/mol. The van der Waals surface area contributed by atoms with Crippen molar-refractivity contribution in [2.24, 2.45) is 5.10 Å². The SMILES string of the molecule is O=C(CCC(=O)NN=CCc1ccccc1)NCc1ccccc1. The van der Waals surface area contributed by atoms with Crippen LogP contribution in [0, 0.1) is 0 Å². The van der Waals surface area contributed by atoms with E-state index < -0.39 is 0 Å². The lowest BCUT2D eigenvalue weighted by Crippen LogP contribution is -2.25. The van der Waals surface area contributed by atoms with E-state index in [2.05, 4.69) is 15.8 Å². The highest BCUT2D eigenvalue weighted by Crippen LogP contribution is 1.99. The standard InChI is InChI=1S/C19H21N3O2/c23-18(20-15-17-9-5-2-6-10-17)11-12-19(24)22-21-14-13-16-7-3-1-4-8-16/h1-10,14H,11-13,15H2,(H,20,23)(H,22,24). The maximum Gasteiger partial charge on any atom is 0.240 e. The van der Waals surface area contributed by atoms with Gasteiger partial charge in [0.25, 0.3) is 0 Å². The number of amides is 2. The maximum absolute atomic E-state index is 11.7. The van der Waals surface area contributed by atoms with Gasteiger partial charge in [-0.1, -0.05) is 60.7 Å². The first-order valence-electron chi connectivity index (χ1n) is 7.89. The molecule has 24 heavy (non-hydrogen) atoms. The fraction of sp³-hybridized carbons (Fsp3) is 0.211. The molecule has 0 saturated carbocycles. The van der Waals surface area contributed by atoms with Crippen LogP contribution in [0.3, 0.4) is 0 Å². The molecule has 2 aromatic carbocycles. The van der Waals surface area contributed by atoms with Crippen molar-refractivity contribution in [1.29, 1.82) is 0 Å². The van der Waals surface area contributed by atoms with Gasteiger partial charge in [0.15, 0.2) is 0 Å². The lowest BCUT2D eigenvalue weighted by atomic mass is 10.2. The Labute approximate surface area is 141 Å². The third-order valence-electron chi connectivity index (χ3n) is 3.36. The molecule has 2 rings (SSSR count). The fourth-order valence-corrected chi connectivity index (χ4v) is 2.05. The molecule has 0 atom stereocenters. The quantitative estimate of drug-likeness (QED) is 0.578. The van der Waals surface area contributed by atoms with Crippen LogP contribution in [0.1, 0.15) is 24.0 Å². The molecule has 5 nitrogen and oxygen atoms in total. The summed E-state index contributed by atoms with van der Waals surface area (Å²) in [5, 5.41) is 6.67. The lowest BCUT2D eigenvalue weighted by Gasteiger charge is -2.04. The van der Waals surface area contributed by atoms with Gasteiger partial charge in [-0.2, -0.15) is 5.10 Å². The Morgan fingerprint density at radius 3 is 2.08 bits per heavy atom. The number of carbonyl (C=O) groups is 2. The molecule has 0 saturated heterocycles. The van der Waals surface area contributed by atoms with Gasteiger partial charge >= 0.3 is 0 Å². The molecule has 0 aromatic heterocycles. The van der Waals surface area contributed by atoms with Gasteiger partial charge in [-0.15, -0.1) is 0 Å². The zero-order valence-electron chi connectivity index (χ0n) is 13.4. The Morgan fingerprint density at radius 1 is 0.833 bits per heavy atom. The van der Waals surface area contributed by atoms with E-state index in [0.29, 0.717) is 13.0 Å². The van der Waals surface area contributed by atoms with E-state index in [4.69, 9.17) is 0 Å². The molecule has 2 amide bonds. The number of nitrogens with one attached hydrogen (secondary N) is 2. The average molecular weight is 323 g/mol. The van der Waals surface area contributed by atoms with Crippen molar-refractivity contribution in [2.75, 3.05) is 0 Å². The molecule has 0 aliphatic heterocycles. The second-order valence-corrected chi connectivity index (χ2v) is 5.30. The molecule has 124 valence electrons. The highest BCUT2D eigenvalue weighted by molar-refractivity contribution is 5.83. The second-order valence-electron chi connectivity index (χ2n) is 5.30. The van der Waals surface area contributed by atoms with Crippen molar-refractivity contribution in [1.82, 2.24) is 10.7 Å². The van der Waals surface area contributed by atoms with Gasteiger partial charge in [-0.3, -0.25) is 9.59 Å². The summed E-state index contributed by atoms with van der Waals surface area (Å²) in [7, 11) is 0. The van der Waals surface area contributed by atoms with Crippen LogP contribution < -0.4 is 10.7 Å². The minimum atomic E-state index is -0.269. The summed E-state index contributed by atoms with van der Waals surface area (Å²) in [5.41, 5.74) is 4.58. The number of benzene rings is 2. The summed E-state index contributed by atoms with van der Waals surface area (Å²) >= 11 is 0. The summed E-state index contributed by atoms with van der Waals surface area (Å²) < 4.78 is 0. The van der Waals surface area contributed by atoms with E-state index >= 15 is 0 Å². The summed E-state index contributed by atoms with van der Waals surface area (Å²) in [4.78, 5) is 23.3. The van der Waals surface area contributed by atoms with Crippen molar-refractivity contribution in [3.05, 3.63) is 71.8 Å². The number of nitrogens with zero attached hydrogens (tertiary/aromatic N) is 1. The van der Waals surface area contributed by atoms with Crippen molar-refractivity contribution < 1.29 is 9.59 Å². The van der Waals surface area contributed by atoms with Gasteiger partial charge in [-0.25, -0.2) is 5.43 Å². The first-order chi connectivity index (χ1) is 11.7. The summed E-state index contributed by atoms with van der Waals surface area (Å²) in [6.07, 6.45) is 2.55. The molecular weight excluding hydrogens is 302 g/mol. The van der Waals surface area contributed by atoms with Crippen molar-refractivity contribution in [3.8, 4) is 0 Å². The smallest absolute Gasteiger partial charge is 0.240 e. The Morgan fingerprint density at radius 2 is 1.42 bits per heavy atom. The van der Waals surface area contributed by atoms with E-state index in [9.17, 15) is 9.59 Å². The molecule has 0 spiro atoms. The summed E-state index contributed by atoms with van der Waals surface area (Å²) in [5.74, 6) is -0.420. The highest BCUT2D eigenvalue weighted by atomic mass is 16.2. The third kappa shape index (κ3) is 6.87. The van der Waals surface area contributed by atoms with E-state index in [-0.39, 0.29) is 24.7 Å². The van der Waals surface area contributed by atoms with Gasteiger partial charge in [0.2, 0.25) is 11.8 Å². The number of rotatable bonds is 8. The van der Waals surface area contributed by atoms with E-state index in [1.165, 1.54) is 0 Å². The predicted octanol–water partition coefficient (Wildman–Crippen LogP) is 2.43. The van der Waals surface area contributed by atoms with Gasteiger partial charge in [0, 0.05) is 32.0 Å². The highest BCUT2D eigenvalue weighted by Gasteiger charge is 2.05. The zero-order valence-corrected chi connectivity index (χ0v) is 13.4. The van der Waals surface area contributed by atoms with Crippen LogP contribution in [0.4, 0.5) is 0 Å². The van der Waals surface area contributed by atoms with Gasteiger partial charge in [-0.05, 0) is 11.1 Å². The Balaban J connectivity index is 1.59. The number of hydrogen-bond acceptors (Lipinski definition) is 3. The van der Waals surface area contributed by atoms with E-state index in [0.717, 1.165) is 11.1 Å². The Bertz CT molecular complexity index is 670. The van der Waals surface area contributed by atoms with Gasteiger partial charge < -0.3 is 5.32 Å².